The van der Waals surface area contributed by atoms with Gasteiger partial charge in [0.15, 0.2) is 11.5 Å². The van der Waals surface area contributed by atoms with Gasteiger partial charge >= 0.3 is 6.03 Å². The van der Waals surface area contributed by atoms with E-state index in [2.05, 4.69) is 10.6 Å². The Kier molecular flexibility index (Phi) is 3.92. The molecule has 4 rings (SSSR count). The number of benzene rings is 1. The van der Waals surface area contributed by atoms with Gasteiger partial charge in [-0.25, -0.2) is 4.79 Å². The van der Waals surface area contributed by atoms with Crippen molar-refractivity contribution in [3.8, 4) is 11.5 Å². The van der Waals surface area contributed by atoms with Crippen molar-refractivity contribution in [2.24, 2.45) is 5.92 Å². The lowest BCUT2D eigenvalue weighted by Gasteiger charge is -2.32. The molecule has 2 N–H and O–H groups in total. The fourth-order valence-electron chi connectivity index (χ4n) is 3.16. The predicted molar refractivity (Wildman–Crippen MR) is 87.0 cm³/mol. The molecule has 1 saturated carbocycles. The third-order valence-electron chi connectivity index (χ3n) is 4.70. The van der Waals surface area contributed by atoms with Crippen molar-refractivity contribution in [3.05, 3.63) is 18.2 Å². The van der Waals surface area contributed by atoms with E-state index in [-0.39, 0.29) is 24.8 Å². The number of piperidine rings is 1. The maximum absolute atomic E-state index is 12.1. The molecule has 1 aromatic rings. The van der Waals surface area contributed by atoms with Crippen molar-refractivity contribution < 1.29 is 19.1 Å². The van der Waals surface area contributed by atoms with Crippen LogP contribution in [0.5, 0.6) is 11.5 Å². The number of hydrogen-bond donors (Lipinski definition) is 2. The van der Waals surface area contributed by atoms with Gasteiger partial charge in [-0.2, -0.15) is 0 Å². The molecule has 0 bridgehead atoms. The van der Waals surface area contributed by atoms with Crippen LogP contribution in [-0.2, 0) is 4.79 Å². The lowest BCUT2D eigenvalue weighted by molar-refractivity contribution is -0.133. The Balaban J connectivity index is 1.25. The minimum atomic E-state index is -0.235. The first-order valence-corrected chi connectivity index (χ1v) is 8.45. The summed E-state index contributed by atoms with van der Waals surface area (Å²) in [5, 5.41) is 5.79. The van der Waals surface area contributed by atoms with E-state index in [4.69, 9.17) is 9.47 Å². The number of hydrogen-bond acceptors (Lipinski definition) is 4. The molecule has 2 fully saturated rings. The number of nitrogens with one attached hydrogen (secondary N) is 2. The number of rotatable bonds is 3. The van der Waals surface area contributed by atoms with Crippen molar-refractivity contribution in [3.63, 3.8) is 0 Å². The molecule has 1 saturated heterocycles. The fourth-order valence-corrected chi connectivity index (χ4v) is 3.16. The SMILES string of the molecule is O=C(Nc1ccc2c(c1)OCO2)NC1CCN(C(=O)C2CC2)CC1. The number of likely N-dealkylation sites (tertiary alicyclic amines) is 1. The van der Waals surface area contributed by atoms with Crippen LogP contribution in [0.1, 0.15) is 25.7 Å². The van der Waals surface area contributed by atoms with Crippen molar-refractivity contribution in [1.82, 2.24) is 10.2 Å². The highest BCUT2D eigenvalue weighted by atomic mass is 16.7. The minimum Gasteiger partial charge on any atom is -0.454 e. The Morgan fingerprint density at radius 2 is 1.79 bits per heavy atom. The molecule has 3 aliphatic rings. The van der Waals surface area contributed by atoms with E-state index in [0.29, 0.717) is 23.1 Å². The van der Waals surface area contributed by atoms with Gasteiger partial charge < -0.3 is 25.0 Å². The van der Waals surface area contributed by atoms with Gasteiger partial charge in [-0.15, -0.1) is 0 Å². The molecule has 0 unspecified atom stereocenters. The molecule has 3 amide bonds. The van der Waals surface area contributed by atoms with Gasteiger partial charge in [-0.3, -0.25) is 4.79 Å². The number of ether oxygens (including phenoxy) is 2. The summed E-state index contributed by atoms with van der Waals surface area (Å²) in [5.41, 5.74) is 0.665. The first-order chi connectivity index (χ1) is 11.7. The molecule has 2 aliphatic heterocycles. The van der Waals surface area contributed by atoms with E-state index in [9.17, 15) is 9.59 Å². The first kappa shape index (κ1) is 15.1. The molecule has 0 atom stereocenters. The zero-order chi connectivity index (χ0) is 16.5. The number of anilines is 1. The summed E-state index contributed by atoms with van der Waals surface area (Å²) in [4.78, 5) is 26.1. The fraction of sp³-hybridized carbons (Fsp3) is 0.529. The number of carbonyl (C=O) groups excluding carboxylic acids is 2. The van der Waals surface area contributed by atoms with Gasteiger partial charge in [0, 0.05) is 36.8 Å². The second kappa shape index (κ2) is 6.22. The Morgan fingerprint density at radius 3 is 2.54 bits per heavy atom. The Labute approximate surface area is 140 Å². The van der Waals surface area contributed by atoms with Crippen LogP contribution in [0, 0.1) is 5.92 Å². The van der Waals surface area contributed by atoms with Crippen molar-refractivity contribution in [2.75, 3.05) is 25.2 Å². The summed E-state index contributed by atoms with van der Waals surface area (Å²) in [5.74, 6) is 1.88. The van der Waals surface area contributed by atoms with Gasteiger partial charge in [-0.1, -0.05) is 0 Å². The van der Waals surface area contributed by atoms with Gasteiger partial charge in [0.25, 0.3) is 0 Å². The summed E-state index contributed by atoms with van der Waals surface area (Å²) in [7, 11) is 0. The average molecular weight is 331 g/mol. The molecule has 0 aromatic heterocycles. The van der Waals surface area contributed by atoms with E-state index < -0.39 is 0 Å². The van der Waals surface area contributed by atoms with E-state index >= 15 is 0 Å². The largest absolute Gasteiger partial charge is 0.454 e. The normalized spacial score (nSPS) is 19.9. The summed E-state index contributed by atoms with van der Waals surface area (Å²) in [6.07, 6.45) is 3.67. The molecule has 128 valence electrons. The van der Waals surface area contributed by atoms with Crippen molar-refractivity contribution >= 4 is 17.6 Å². The van der Waals surface area contributed by atoms with Crippen LogP contribution in [0.15, 0.2) is 18.2 Å². The van der Waals surface area contributed by atoms with Crippen LogP contribution in [0.2, 0.25) is 0 Å². The van der Waals surface area contributed by atoms with Crippen LogP contribution in [0.3, 0.4) is 0 Å². The Bertz CT molecular complexity index is 651. The Morgan fingerprint density at radius 1 is 1.04 bits per heavy atom. The van der Waals surface area contributed by atoms with E-state index in [1.807, 2.05) is 4.90 Å². The molecule has 7 nitrogen and oxygen atoms in total. The molecule has 0 spiro atoms. The molecular formula is C17H21N3O4. The van der Waals surface area contributed by atoms with Gasteiger partial charge in [0.1, 0.15) is 0 Å². The zero-order valence-electron chi connectivity index (χ0n) is 13.4. The number of nitrogens with zero attached hydrogens (tertiary/aromatic N) is 1. The molecule has 24 heavy (non-hydrogen) atoms. The first-order valence-electron chi connectivity index (χ1n) is 8.45. The summed E-state index contributed by atoms with van der Waals surface area (Å²) < 4.78 is 10.5. The highest BCUT2D eigenvalue weighted by Gasteiger charge is 2.35. The molecular weight excluding hydrogens is 310 g/mol. The Hall–Kier alpha value is -2.44. The van der Waals surface area contributed by atoms with Crippen LogP contribution in [0.25, 0.3) is 0 Å². The number of urea groups is 1. The van der Waals surface area contributed by atoms with E-state index in [1.54, 1.807) is 18.2 Å². The zero-order valence-corrected chi connectivity index (χ0v) is 13.4. The molecule has 2 heterocycles. The quantitative estimate of drug-likeness (QED) is 0.887. The van der Waals surface area contributed by atoms with Gasteiger partial charge in [-0.05, 0) is 37.8 Å². The molecule has 1 aromatic carbocycles. The number of fused-ring (bicyclic) bond motifs is 1. The molecule has 1 aliphatic carbocycles. The van der Waals surface area contributed by atoms with Crippen molar-refractivity contribution in [1.29, 1.82) is 0 Å². The lowest BCUT2D eigenvalue weighted by Crippen LogP contribution is -2.47. The van der Waals surface area contributed by atoms with E-state index in [1.165, 1.54) is 0 Å². The van der Waals surface area contributed by atoms with Crippen LogP contribution < -0.4 is 20.1 Å². The minimum absolute atomic E-state index is 0.0993. The number of amides is 3. The second-order valence-electron chi connectivity index (χ2n) is 6.54. The maximum Gasteiger partial charge on any atom is 0.319 e. The topological polar surface area (TPSA) is 79.9 Å². The lowest BCUT2D eigenvalue weighted by atomic mass is 10.0. The predicted octanol–water partition coefficient (Wildman–Crippen LogP) is 1.94. The molecule has 0 radical (unpaired) electrons. The third-order valence-corrected chi connectivity index (χ3v) is 4.70. The van der Waals surface area contributed by atoms with Crippen molar-refractivity contribution in [2.45, 2.75) is 31.7 Å². The molecule has 7 heteroatoms. The summed E-state index contributed by atoms with van der Waals surface area (Å²) >= 11 is 0. The summed E-state index contributed by atoms with van der Waals surface area (Å²) in [6, 6.07) is 5.17. The summed E-state index contributed by atoms with van der Waals surface area (Å²) in [6.45, 7) is 1.66. The van der Waals surface area contributed by atoms with Crippen LogP contribution in [-0.4, -0.2) is 42.8 Å². The maximum atomic E-state index is 12.1. The van der Waals surface area contributed by atoms with Crippen LogP contribution >= 0.6 is 0 Å². The third kappa shape index (κ3) is 3.25. The smallest absolute Gasteiger partial charge is 0.319 e. The van der Waals surface area contributed by atoms with Gasteiger partial charge in [0.05, 0.1) is 0 Å². The van der Waals surface area contributed by atoms with Gasteiger partial charge in [0.2, 0.25) is 12.7 Å². The van der Waals surface area contributed by atoms with E-state index in [0.717, 1.165) is 38.8 Å². The second-order valence-corrected chi connectivity index (χ2v) is 6.54. The average Bonchev–Trinajstić information content (AvgIpc) is 3.33. The highest BCUT2D eigenvalue weighted by Crippen LogP contribution is 2.34. The monoisotopic (exact) mass is 331 g/mol. The standard InChI is InChI=1S/C17H21N3O4/c21-16(11-1-2-11)20-7-5-12(6-8-20)18-17(22)19-13-3-4-14-15(9-13)24-10-23-14/h3-4,9,11-12H,1-2,5-8,10H2,(H2,18,19,22). The highest BCUT2D eigenvalue weighted by molar-refractivity contribution is 5.90. The van der Waals surface area contributed by atoms with Crippen LogP contribution in [0.4, 0.5) is 10.5 Å². The number of carbonyl (C=O) groups is 2.